The second-order valence-corrected chi connectivity index (χ2v) is 7.38. The minimum atomic E-state index is -0.176. The lowest BCUT2D eigenvalue weighted by Crippen LogP contribution is -2.39. The Bertz CT molecular complexity index is 1030. The van der Waals surface area contributed by atoms with Gasteiger partial charge in [0, 0.05) is 38.3 Å². The van der Waals surface area contributed by atoms with Crippen molar-refractivity contribution in [2.75, 3.05) is 26.2 Å². The van der Waals surface area contributed by atoms with E-state index in [1.54, 1.807) is 6.07 Å². The zero-order valence-corrected chi connectivity index (χ0v) is 21.3. The van der Waals surface area contributed by atoms with Crippen LogP contribution in [0.3, 0.4) is 0 Å². The number of carbonyl (C=O) groups is 1. The summed E-state index contributed by atoms with van der Waals surface area (Å²) in [6.45, 7) is 9.63. The van der Waals surface area contributed by atoms with E-state index in [1.807, 2.05) is 39.0 Å². The average molecular weight is 552 g/mol. The van der Waals surface area contributed by atoms with Gasteiger partial charge in [0.05, 0.1) is 17.3 Å². The fourth-order valence-corrected chi connectivity index (χ4v) is 3.42. The Balaban J connectivity index is 0.00000363. The number of nitrogens with zero attached hydrogens (tertiary/aromatic N) is 3. The second kappa shape index (κ2) is 13.1. The number of carbonyl (C=O) groups excluding carboxylic acids is 1. The molecule has 1 aromatic carbocycles. The number of imidazole rings is 1. The number of furan rings is 1. The molecule has 0 saturated carbocycles. The van der Waals surface area contributed by atoms with E-state index in [1.165, 1.54) is 11.8 Å². The maximum absolute atomic E-state index is 12.0. The highest BCUT2D eigenvalue weighted by Gasteiger charge is 2.11. The summed E-state index contributed by atoms with van der Waals surface area (Å²) in [6, 6.07) is 10.00. The number of nitrogens with one attached hydrogen (secondary N) is 3. The van der Waals surface area contributed by atoms with Gasteiger partial charge in [-0.15, -0.1) is 24.0 Å². The summed E-state index contributed by atoms with van der Waals surface area (Å²) in [5.41, 5.74) is 3.05. The van der Waals surface area contributed by atoms with Crippen molar-refractivity contribution in [3.63, 3.8) is 0 Å². The van der Waals surface area contributed by atoms with Gasteiger partial charge in [-0.1, -0.05) is 12.1 Å². The maximum atomic E-state index is 12.0. The molecule has 2 aromatic heterocycles. The highest BCUT2D eigenvalue weighted by molar-refractivity contribution is 14.0. The molecule has 0 aliphatic heterocycles. The topological polar surface area (TPSA) is 96.5 Å². The lowest BCUT2D eigenvalue weighted by atomic mass is 10.2. The maximum Gasteiger partial charge on any atom is 0.287 e. The van der Waals surface area contributed by atoms with Crippen LogP contribution in [0.1, 0.15) is 41.7 Å². The van der Waals surface area contributed by atoms with Crippen LogP contribution >= 0.6 is 24.0 Å². The van der Waals surface area contributed by atoms with Crippen LogP contribution in [0.2, 0.25) is 0 Å². The van der Waals surface area contributed by atoms with Crippen molar-refractivity contribution in [2.45, 2.75) is 40.2 Å². The Morgan fingerprint density at radius 2 is 1.88 bits per heavy atom. The summed E-state index contributed by atoms with van der Waals surface area (Å²) in [4.78, 5) is 21.3. The molecule has 32 heavy (non-hydrogen) atoms. The number of halogens is 1. The van der Waals surface area contributed by atoms with Crippen LogP contribution < -0.4 is 16.0 Å². The van der Waals surface area contributed by atoms with Crippen LogP contribution in [0, 0.1) is 13.8 Å². The molecule has 0 fully saturated rings. The zero-order chi connectivity index (χ0) is 22.1. The Kier molecular flexibility index (Phi) is 10.5. The number of guanidine groups is 1. The molecule has 0 unspecified atom stereocenters. The number of hydrogen-bond donors (Lipinski definition) is 3. The number of amides is 1. The van der Waals surface area contributed by atoms with Crippen LogP contribution in [0.5, 0.6) is 0 Å². The van der Waals surface area contributed by atoms with E-state index in [0.29, 0.717) is 18.8 Å². The van der Waals surface area contributed by atoms with Crippen molar-refractivity contribution in [3.8, 4) is 0 Å². The van der Waals surface area contributed by atoms with Gasteiger partial charge in [-0.3, -0.25) is 9.79 Å². The molecule has 174 valence electrons. The first-order chi connectivity index (χ1) is 15.1. The van der Waals surface area contributed by atoms with Gasteiger partial charge in [0.2, 0.25) is 0 Å². The Hall–Kier alpha value is -2.56. The summed E-state index contributed by atoms with van der Waals surface area (Å²) in [5, 5.41) is 9.46. The molecule has 0 radical (unpaired) electrons. The molecule has 3 N–H and O–H groups in total. The molecule has 0 aliphatic rings. The van der Waals surface area contributed by atoms with Crippen molar-refractivity contribution in [1.82, 2.24) is 25.5 Å². The Morgan fingerprint density at radius 3 is 2.62 bits per heavy atom. The molecule has 3 rings (SSSR count). The summed E-state index contributed by atoms with van der Waals surface area (Å²) < 4.78 is 7.45. The number of hydrogen-bond acceptors (Lipinski definition) is 4. The van der Waals surface area contributed by atoms with Gasteiger partial charge < -0.3 is 24.9 Å². The fourth-order valence-electron chi connectivity index (χ4n) is 3.42. The van der Waals surface area contributed by atoms with Crippen molar-refractivity contribution in [1.29, 1.82) is 0 Å². The molecule has 0 spiro atoms. The summed E-state index contributed by atoms with van der Waals surface area (Å²) in [5.74, 6) is 2.03. The third kappa shape index (κ3) is 6.98. The Morgan fingerprint density at radius 1 is 1.09 bits per heavy atom. The third-order valence-electron chi connectivity index (χ3n) is 5.00. The Labute approximate surface area is 206 Å². The average Bonchev–Trinajstić information content (AvgIpc) is 3.33. The smallest absolute Gasteiger partial charge is 0.287 e. The van der Waals surface area contributed by atoms with Gasteiger partial charge in [-0.05, 0) is 51.8 Å². The molecule has 1 amide bonds. The quantitative estimate of drug-likeness (QED) is 0.155. The zero-order valence-electron chi connectivity index (χ0n) is 19.0. The van der Waals surface area contributed by atoms with Gasteiger partial charge >= 0.3 is 0 Å². The first-order valence-electron chi connectivity index (χ1n) is 10.9. The molecule has 0 bridgehead atoms. The normalized spacial score (nSPS) is 11.3. The minimum absolute atomic E-state index is 0. The van der Waals surface area contributed by atoms with Crippen LogP contribution in [0.4, 0.5) is 0 Å². The number of rotatable bonds is 10. The first-order valence-corrected chi connectivity index (χ1v) is 10.9. The molecule has 0 saturated heterocycles. The number of aryl methyl sites for hydroxylation is 3. The van der Waals surface area contributed by atoms with E-state index in [2.05, 4.69) is 36.6 Å². The van der Waals surface area contributed by atoms with Crippen LogP contribution in [0.15, 0.2) is 46.0 Å². The molecule has 2 heterocycles. The van der Waals surface area contributed by atoms with E-state index < -0.39 is 0 Å². The van der Waals surface area contributed by atoms with Crippen molar-refractivity contribution < 1.29 is 9.21 Å². The van der Waals surface area contributed by atoms with Crippen molar-refractivity contribution in [2.24, 2.45) is 4.99 Å². The first kappa shape index (κ1) is 25.7. The number of fused-ring (bicyclic) bond motifs is 1. The second-order valence-electron chi connectivity index (χ2n) is 7.38. The number of benzene rings is 1. The monoisotopic (exact) mass is 552 g/mol. The summed E-state index contributed by atoms with van der Waals surface area (Å²) >= 11 is 0. The van der Waals surface area contributed by atoms with E-state index in [4.69, 9.17) is 4.42 Å². The van der Waals surface area contributed by atoms with Gasteiger partial charge in [-0.25, -0.2) is 4.98 Å². The molecule has 8 nitrogen and oxygen atoms in total. The molecular weight excluding hydrogens is 519 g/mol. The van der Waals surface area contributed by atoms with Crippen LogP contribution in [0.25, 0.3) is 11.0 Å². The number of aliphatic imine (C=N–C) groups is 1. The predicted octanol–water partition coefficient (Wildman–Crippen LogP) is 3.63. The molecular formula is C23H33IN6O2. The summed E-state index contributed by atoms with van der Waals surface area (Å²) in [7, 11) is 0. The largest absolute Gasteiger partial charge is 0.459 e. The molecule has 0 atom stereocenters. The van der Waals surface area contributed by atoms with Gasteiger partial charge in [-0.2, -0.15) is 0 Å². The van der Waals surface area contributed by atoms with Crippen molar-refractivity contribution in [3.05, 3.63) is 53.7 Å². The predicted molar refractivity (Wildman–Crippen MR) is 139 cm³/mol. The lowest BCUT2D eigenvalue weighted by molar-refractivity contribution is 0.0925. The summed E-state index contributed by atoms with van der Waals surface area (Å²) in [6.07, 6.45) is 3.24. The van der Waals surface area contributed by atoms with Crippen LogP contribution in [-0.4, -0.2) is 47.6 Å². The lowest BCUT2D eigenvalue weighted by Gasteiger charge is -2.12. The van der Waals surface area contributed by atoms with E-state index >= 15 is 0 Å². The van der Waals surface area contributed by atoms with E-state index in [0.717, 1.165) is 55.3 Å². The minimum Gasteiger partial charge on any atom is -0.459 e. The van der Waals surface area contributed by atoms with Gasteiger partial charge in [0.15, 0.2) is 11.7 Å². The number of para-hydroxylation sites is 2. The standard InChI is InChI=1S/C23H32N6O2.HI/c1-4-24-23(26-13-7-12-25-22(30)21-17(2)11-16-31-21)27-14-8-15-29-18(3)28-19-9-5-6-10-20(19)29;/h5-6,9-11,16H,4,7-8,12-15H2,1-3H3,(H,25,30)(H2,24,26,27);1H. The van der Waals surface area contributed by atoms with Crippen LogP contribution in [-0.2, 0) is 6.54 Å². The van der Waals surface area contributed by atoms with Gasteiger partial charge in [0.1, 0.15) is 5.82 Å². The molecule has 9 heteroatoms. The molecule has 0 aliphatic carbocycles. The number of aromatic nitrogens is 2. The van der Waals surface area contributed by atoms with E-state index in [9.17, 15) is 4.79 Å². The van der Waals surface area contributed by atoms with Gasteiger partial charge in [0.25, 0.3) is 5.91 Å². The van der Waals surface area contributed by atoms with E-state index in [-0.39, 0.29) is 29.9 Å². The third-order valence-corrected chi connectivity index (χ3v) is 5.00. The highest BCUT2D eigenvalue weighted by Crippen LogP contribution is 2.15. The molecule has 3 aromatic rings. The SMILES string of the molecule is CCNC(=NCCCn1c(C)nc2ccccc21)NCCCNC(=O)c1occc1C.I. The van der Waals surface area contributed by atoms with Crippen molar-refractivity contribution >= 4 is 46.9 Å². The highest BCUT2D eigenvalue weighted by atomic mass is 127. The fraction of sp³-hybridized carbons (Fsp3) is 0.435.